The molecule has 2 aromatic rings. The number of carbonyl (C=O) groups is 1. The third kappa shape index (κ3) is 3.55. The van der Waals surface area contributed by atoms with Gasteiger partial charge in [0.2, 0.25) is 5.91 Å². The molecule has 1 saturated heterocycles. The highest BCUT2D eigenvalue weighted by Gasteiger charge is 2.22. The summed E-state index contributed by atoms with van der Waals surface area (Å²) >= 11 is 6.21. The largest absolute Gasteiger partial charge is 0.456 e. The van der Waals surface area contributed by atoms with Crippen LogP contribution in [0.15, 0.2) is 42.7 Å². The van der Waals surface area contributed by atoms with Crippen LogP contribution in [0.4, 0.5) is 5.69 Å². The Kier molecular flexibility index (Phi) is 4.56. The molecule has 0 radical (unpaired) electrons. The van der Waals surface area contributed by atoms with Crippen LogP contribution in [0, 0.1) is 0 Å². The molecule has 1 aromatic carbocycles. The van der Waals surface area contributed by atoms with Gasteiger partial charge in [-0.05, 0) is 49.7 Å². The highest BCUT2D eigenvalue weighted by atomic mass is 35.5. The normalized spacial score (nSPS) is 17.2. The molecule has 1 atom stereocenters. The van der Waals surface area contributed by atoms with Crippen LogP contribution >= 0.6 is 11.6 Å². The van der Waals surface area contributed by atoms with Gasteiger partial charge in [-0.15, -0.1) is 0 Å². The number of rotatable bonds is 4. The van der Waals surface area contributed by atoms with E-state index in [4.69, 9.17) is 16.3 Å². The molecule has 3 rings (SSSR count). The summed E-state index contributed by atoms with van der Waals surface area (Å²) in [5.41, 5.74) is 0.658. The standard InChI is InChI=1S/C16H16ClN3O2/c17-13-10-11(20-16(21)14-2-1-7-19-14)3-4-15(13)22-12-5-8-18-9-6-12/h3-6,8-10,14,19H,1-2,7H2,(H,20,21). The maximum Gasteiger partial charge on any atom is 0.241 e. The number of hydrogen-bond acceptors (Lipinski definition) is 4. The zero-order valence-corrected chi connectivity index (χ0v) is 12.6. The van der Waals surface area contributed by atoms with Gasteiger partial charge in [-0.3, -0.25) is 9.78 Å². The van der Waals surface area contributed by atoms with Gasteiger partial charge < -0.3 is 15.4 Å². The van der Waals surface area contributed by atoms with Crippen molar-refractivity contribution < 1.29 is 9.53 Å². The molecule has 2 heterocycles. The summed E-state index contributed by atoms with van der Waals surface area (Å²) in [4.78, 5) is 16.0. The van der Waals surface area contributed by atoms with Gasteiger partial charge >= 0.3 is 0 Å². The second-order valence-electron chi connectivity index (χ2n) is 5.07. The van der Waals surface area contributed by atoms with E-state index in [2.05, 4.69) is 15.6 Å². The zero-order chi connectivity index (χ0) is 15.4. The Balaban J connectivity index is 1.68. The number of pyridine rings is 1. The summed E-state index contributed by atoms with van der Waals surface area (Å²) in [6.45, 7) is 0.886. The Morgan fingerprint density at radius 2 is 2.14 bits per heavy atom. The second-order valence-corrected chi connectivity index (χ2v) is 5.48. The molecule has 22 heavy (non-hydrogen) atoms. The molecule has 1 amide bonds. The molecule has 0 bridgehead atoms. The fraction of sp³-hybridized carbons (Fsp3) is 0.250. The molecular formula is C16H16ClN3O2. The van der Waals surface area contributed by atoms with Crippen LogP contribution in [0.3, 0.4) is 0 Å². The zero-order valence-electron chi connectivity index (χ0n) is 11.9. The minimum atomic E-state index is -0.119. The van der Waals surface area contributed by atoms with Crippen LogP contribution in [0.5, 0.6) is 11.5 Å². The second kappa shape index (κ2) is 6.77. The van der Waals surface area contributed by atoms with E-state index in [9.17, 15) is 4.79 Å². The summed E-state index contributed by atoms with van der Waals surface area (Å²) < 4.78 is 5.67. The molecule has 0 aliphatic carbocycles. The summed E-state index contributed by atoms with van der Waals surface area (Å²) in [5.74, 6) is 1.16. The molecule has 1 aromatic heterocycles. The van der Waals surface area contributed by atoms with Crippen molar-refractivity contribution in [1.29, 1.82) is 0 Å². The van der Waals surface area contributed by atoms with Gasteiger partial charge in [0.25, 0.3) is 0 Å². The number of ether oxygens (including phenoxy) is 1. The summed E-state index contributed by atoms with van der Waals surface area (Å²) in [7, 11) is 0. The monoisotopic (exact) mass is 317 g/mol. The fourth-order valence-corrected chi connectivity index (χ4v) is 2.55. The Hall–Kier alpha value is -2.11. The summed E-state index contributed by atoms with van der Waals surface area (Å²) in [6, 6.07) is 8.57. The van der Waals surface area contributed by atoms with E-state index >= 15 is 0 Å². The van der Waals surface area contributed by atoms with Crippen LogP contribution < -0.4 is 15.4 Å². The number of carbonyl (C=O) groups excluding carboxylic acids is 1. The van der Waals surface area contributed by atoms with E-state index in [1.807, 2.05) is 0 Å². The van der Waals surface area contributed by atoms with Gasteiger partial charge in [-0.2, -0.15) is 0 Å². The number of anilines is 1. The fourth-order valence-electron chi connectivity index (χ4n) is 2.33. The van der Waals surface area contributed by atoms with Gasteiger partial charge in [0.15, 0.2) is 0 Å². The Labute approximate surface area is 133 Å². The van der Waals surface area contributed by atoms with E-state index in [1.54, 1.807) is 42.7 Å². The van der Waals surface area contributed by atoms with E-state index in [0.29, 0.717) is 22.2 Å². The lowest BCUT2D eigenvalue weighted by Crippen LogP contribution is -2.35. The van der Waals surface area contributed by atoms with Crippen LogP contribution in [-0.4, -0.2) is 23.5 Å². The third-order valence-electron chi connectivity index (χ3n) is 3.45. The van der Waals surface area contributed by atoms with Crippen molar-refractivity contribution in [2.24, 2.45) is 0 Å². The molecule has 6 heteroatoms. The van der Waals surface area contributed by atoms with Crippen molar-refractivity contribution in [2.75, 3.05) is 11.9 Å². The van der Waals surface area contributed by atoms with Crippen molar-refractivity contribution >= 4 is 23.2 Å². The predicted octanol–water partition coefficient (Wildman–Crippen LogP) is 3.22. The Bertz CT molecular complexity index is 658. The molecule has 2 N–H and O–H groups in total. The highest BCUT2D eigenvalue weighted by molar-refractivity contribution is 6.32. The van der Waals surface area contributed by atoms with Crippen molar-refractivity contribution in [3.05, 3.63) is 47.7 Å². The van der Waals surface area contributed by atoms with Crippen molar-refractivity contribution in [2.45, 2.75) is 18.9 Å². The van der Waals surface area contributed by atoms with Gasteiger partial charge in [0.1, 0.15) is 11.5 Å². The van der Waals surface area contributed by atoms with Gasteiger partial charge in [0, 0.05) is 18.1 Å². The van der Waals surface area contributed by atoms with E-state index in [-0.39, 0.29) is 11.9 Å². The van der Waals surface area contributed by atoms with Crippen molar-refractivity contribution in [3.8, 4) is 11.5 Å². The number of nitrogens with zero attached hydrogens (tertiary/aromatic N) is 1. The molecule has 1 aliphatic rings. The number of aromatic nitrogens is 1. The van der Waals surface area contributed by atoms with Crippen LogP contribution in [0.1, 0.15) is 12.8 Å². The number of nitrogens with one attached hydrogen (secondary N) is 2. The highest BCUT2D eigenvalue weighted by Crippen LogP contribution is 2.31. The Morgan fingerprint density at radius 3 is 2.82 bits per heavy atom. The quantitative estimate of drug-likeness (QED) is 0.909. The number of hydrogen-bond donors (Lipinski definition) is 2. The van der Waals surface area contributed by atoms with E-state index in [0.717, 1.165) is 19.4 Å². The first-order valence-corrected chi connectivity index (χ1v) is 7.52. The molecular weight excluding hydrogens is 302 g/mol. The SMILES string of the molecule is O=C(Nc1ccc(Oc2ccncc2)c(Cl)c1)C1CCCN1. The number of amides is 1. The first kappa shape index (κ1) is 14.8. The van der Waals surface area contributed by atoms with Crippen LogP contribution in [0.2, 0.25) is 5.02 Å². The van der Waals surface area contributed by atoms with Crippen LogP contribution in [0.25, 0.3) is 0 Å². The lowest BCUT2D eigenvalue weighted by Gasteiger charge is -2.13. The minimum absolute atomic E-state index is 0.0311. The maximum atomic E-state index is 12.0. The van der Waals surface area contributed by atoms with Gasteiger partial charge in [0.05, 0.1) is 11.1 Å². The first-order valence-electron chi connectivity index (χ1n) is 7.14. The summed E-state index contributed by atoms with van der Waals surface area (Å²) in [6.07, 6.45) is 5.18. The average Bonchev–Trinajstić information content (AvgIpc) is 3.05. The topological polar surface area (TPSA) is 63.2 Å². The predicted molar refractivity (Wildman–Crippen MR) is 85.4 cm³/mol. The number of halogens is 1. The van der Waals surface area contributed by atoms with Crippen LogP contribution in [-0.2, 0) is 4.79 Å². The van der Waals surface area contributed by atoms with Gasteiger partial charge in [-0.1, -0.05) is 11.6 Å². The first-order chi connectivity index (χ1) is 10.7. The van der Waals surface area contributed by atoms with Gasteiger partial charge in [-0.25, -0.2) is 0 Å². The molecule has 0 spiro atoms. The molecule has 5 nitrogen and oxygen atoms in total. The third-order valence-corrected chi connectivity index (χ3v) is 3.75. The molecule has 114 valence electrons. The number of benzene rings is 1. The molecule has 1 fully saturated rings. The van der Waals surface area contributed by atoms with E-state index in [1.165, 1.54) is 0 Å². The van der Waals surface area contributed by atoms with Crippen molar-refractivity contribution in [1.82, 2.24) is 10.3 Å². The lowest BCUT2D eigenvalue weighted by molar-refractivity contribution is -0.117. The molecule has 1 aliphatic heterocycles. The van der Waals surface area contributed by atoms with E-state index < -0.39 is 0 Å². The average molecular weight is 318 g/mol. The lowest BCUT2D eigenvalue weighted by atomic mass is 10.2. The Morgan fingerprint density at radius 1 is 1.32 bits per heavy atom. The molecule has 1 unspecified atom stereocenters. The minimum Gasteiger partial charge on any atom is -0.456 e. The molecule has 0 saturated carbocycles. The smallest absolute Gasteiger partial charge is 0.241 e. The maximum absolute atomic E-state index is 12.0. The summed E-state index contributed by atoms with van der Waals surface area (Å²) in [5, 5.41) is 6.46. The van der Waals surface area contributed by atoms with Crippen molar-refractivity contribution in [3.63, 3.8) is 0 Å².